The number of rotatable bonds is 7. The summed E-state index contributed by atoms with van der Waals surface area (Å²) in [4.78, 5) is 21.2. The Morgan fingerprint density at radius 2 is 2.13 bits per heavy atom. The molecule has 1 aromatic heterocycles. The van der Waals surface area contributed by atoms with Crippen molar-refractivity contribution in [3.05, 3.63) is 16.8 Å². The van der Waals surface area contributed by atoms with E-state index in [1.165, 1.54) is 10.9 Å². The molecule has 0 aliphatic rings. The van der Waals surface area contributed by atoms with Crippen LogP contribution in [0.3, 0.4) is 0 Å². The third-order valence-corrected chi connectivity index (χ3v) is 2.16. The van der Waals surface area contributed by atoms with Crippen LogP contribution in [-0.4, -0.2) is 25.8 Å². The Hall–Kier alpha value is -1.59. The molecule has 0 saturated carbocycles. The summed E-state index contributed by atoms with van der Waals surface area (Å²) in [6.07, 6.45) is 5.10. The van der Waals surface area contributed by atoms with Gasteiger partial charge in [0.15, 0.2) is 0 Å². The molecule has 1 aromatic rings. The van der Waals surface area contributed by atoms with Gasteiger partial charge in [-0.3, -0.25) is 9.36 Å². The molecule has 0 unspecified atom stereocenters. The summed E-state index contributed by atoms with van der Waals surface area (Å²) < 4.78 is 1.51. The van der Waals surface area contributed by atoms with Crippen LogP contribution in [0.25, 0.3) is 0 Å². The third-order valence-electron chi connectivity index (χ3n) is 2.16. The number of nitrogens with zero attached hydrogens (tertiary/aromatic N) is 2. The number of carboxylic acid groups (broad SMARTS) is 1. The van der Waals surface area contributed by atoms with E-state index in [0.717, 1.165) is 19.3 Å². The van der Waals surface area contributed by atoms with E-state index in [0.29, 0.717) is 13.0 Å². The van der Waals surface area contributed by atoms with Crippen LogP contribution in [0.4, 0.5) is 0 Å². The van der Waals surface area contributed by atoms with Gasteiger partial charge in [0.2, 0.25) is 0 Å². The lowest BCUT2D eigenvalue weighted by Crippen LogP contribution is -2.16. The van der Waals surface area contributed by atoms with Gasteiger partial charge < -0.3 is 5.11 Å². The van der Waals surface area contributed by atoms with Crippen molar-refractivity contribution in [3.63, 3.8) is 0 Å². The largest absolute Gasteiger partial charge is 0.481 e. The van der Waals surface area contributed by atoms with E-state index in [1.54, 1.807) is 0 Å². The second-order valence-electron chi connectivity index (χ2n) is 3.41. The monoisotopic (exact) mass is 213 g/mol. The van der Waals surface area contributed by atoms with E-state index in [-0.39, 0.29) is 12.1 Å². The van der Waals surface area contributed by atoms with E-state index < -0.39 is 5.97 Å². The minimum absolute atomic E-state index is 0.194. The van der Waals surface area contributed by atoms with Crippen LogP contribution in [-0.2, 0) is 11.3 Å². The molecule has 0 spiro atoms. The number of H-pyrrole nitrogens is 1. The molecule has 1 rings (SSSR count). The predicted octanol–water partition coefficient (Wildman–Crippen LogP) is 0.607. The summed E-state index contributed by atoms with van der Waals surface area (Å²) >= 11 is 0. The fourth-order valence-electron chi connectivity index (χ4n) is 1.34. The Labute approximate surface area is 86.9 Å². The number of hydrogen-bond acceptors (Lipinski definition) is 3. The van der Waals surface area contributed by atoms with E-state index in [4.69, 9.17) is 5.11 Å². The van der Waals surface area contributed by atoms with Gasteiger partial charge in [-0.2, -0.15) is 5.10 Å². The number of hydrogen-bond donors (Lipinski definition) is 2. The van der Waals surface area contributed by atoms with Crippen molar-refractivity contribution in [1.82, 2.24) is 14.8 Å². The number of carboxylic acids is 1. The van der Waals surface area contributed by atoms with Gasteiger partial charge >= 0.3 is 11.7 Å². The second kappa shape index (κ2) is 6.00. The van der Waals surface area contributed by atoms with Crippen molar-refractivity contribution in [3.8, 4) is 0 Å². The smallest absolute Gasteiger partial charge is 0.343 e. The Bertz CT molecular complexity index is 355. The number of aromatic nitrogens is 3. The maximum absolute atomic E-state index is 11.0. The summed E-state index contributed by atoms with van der Waals surface area (Å²) in [5.74, 6) is -0.749. The van der Waals surface area contributed by atoms with Crippen molar-refractivity contribution in [2.45, 2.75) is 38.6 Å². The summed E-state index contributed by atoms with van der Waals surface area (Å²) in [6, 6.07) is 0. The zero-order valence-electron chi connectivity index (χ0n) is 8.48. The van der Waals surface area contributed by atoms with Crippen LogP contribution >= 0.6 is 0 Å². The lowest BCUT2D eigenvalue weighted by atomic mass is 10.1. The molecule has 84 valence electrons. The van der Waals surface area contributed by atoms with Crippen LogP contribution in [0.2, 0.25) is 0 Å². The Morgan fingerprint density at radius 3 is 2.73 bits per heavy atom. The van der Waals surface area contributed by atoms with Crippen molar-refractivity contribution >= 4 is 5.97 Å². The topological polar surface area (TPSA) is 88.0 Å². The first kappa shape index (κ1) is 11.5. The summed E-state index contributed by atoms with van der Waals surface area (Å²) in [6.45, 7) is 0.641. The Balaban J connectivity index is 2.05. The highest BCUT2D eigenvalue weighted by molar-refractivity contribution is 5.66. The SMILES string of the molecule is O=C(O)CCCCCCn1cn[nH]c1=O. The minimum Gasteiger partial charge on any atom is -0.481 e. The fourth-order valence-corrected chi connectivity index (χ4v) is 1.34. The molecule has 0 atom stereocenters. The van der Waals surface area contributed by atoms with Crippen LogP contribution < -0.4 is 5.69 Å². The zero-order chi connectivity index (χ0) is 11.1. The van der Waals surface area contributed by atoms with E-state index >= 15 is 0 Å². The van der Waals surface area contributed by atoms with Gasteiger partial charge in [-0.1, -0.05) is 12.8 Å². The summed E-state index contributed by atoms with van der Waals surface area (Å²) in [5.41, 5.74) is -0.194. The standard InChI is InChI=1S/C9H15N3O3/c13-8(14)5-3-1-2-4-6-12-7-10-11-9(12)15/h7H,1-6H2,(H,11,15)(H,13,14). The van der Waals surface area contributed by atoms with Crippen LogP contribution in [0.5, 0.6) is 0 Å². The van der Waals surface area contributed by atoms with Gasteiger partial charge in [-0.05, 0) is 12.8 Å². The molecule has 0 amide bonds. The van der Waals surface area contributed by atoms with Crippen molar-refractivity contribution in [1.29, 1.82) is 0 Å². The maximum Gasteiger partial charge on any atom is 0.343 e. The van der Waals surface area contributed by atoms with E-state index in [2.05, 4.69) is 10.2 Å². The third kappa shape index (κ3) is 4.44. The molecule has 0 aromatic carbocycles. The summed E-state index contributed by atoms with van der Waals surface area (Å²) in [7, 11) is 0. The van der Waals surface area contributed by atoms with Crippen LogP contribution in [0.15, 0.2) is 11.1 Å². The molecule has 6 nitrogen and oxygen atoms in total. The van der Waals surface area contributed by atoms with Crippen molar-refractivity contribution in [2.24, 2.45) is 0 Å². The number of unbranched alkanes of at least 4 members (excludes halogenated alkanes) is 3. The predicted molar refractivity (Wildman–Crippen MR) is 53.6 cm³/mol. The zero-order valence-corrected chi connectivity index (χ0v) is 8.48. The van der Waals surface area contributed by atoms with Crippen molar-refractivity contribution in [2.75, 3.05) is 0 Å². The fraction of sp³-hybridized carbons (Fsp3) is 0.667. The molecule has 2 N–H and O–H groups in total. The van der Waals surface area contributed by atoms with Gasteiger partial charge in [0.05, 0.1) is 0 Å². The number of carbonyl (C=O) groups is 1. The highest BCUT2D eigenvalue weighted by Gasteiger charge is 1.98. The van der Waals surface area contributed by atoms with Gasteiger partial charge in [0, 0.05) is 13.0 Å². The highest BCUT2D eigenvalue weighted by Crippen LogP contribution is 2.03. The number of nitrogens with one attached hydrogen (secondary N) is 1. The Morgan fingerprint density at radius 1 is 1.40 bits per heavy atom. The lowest BCUT2D eigenvalue weighted by Gasteiger charge is -1.99. The molecule has 0 bridgehead atoms. The molecule has 0 saturated heterocycles. The number of aliphatic carboxylic acids is 1. The molecule has 0 aliphatic carbocycles. The second-order valence-corrected chi connectivity index (χ2v) is 3.41. The first-order chi connectivity index (χ1) is 7.20. The van der Waals surface area contributed by atoms with E-state index in [1.807, 2.05) is 0 Å². The van der Waals surface area contributed by atoms with Crippen molar-refractivity contribution < 1.29 is 9.90 Å². The molecule has 0 fully saturated rings. The highest BCUT2D eigenvalue weighted by atomic mass is 16.4. The van der Waals surface area contributed by atoms with Gasteiger partial charge in [-0.25, -0.2) is 9.89 Å². The average molecular weight is 213 g/mol. The van der Waals surface area contributed by atoms with Crippen LogP contribution in [0, 0.1) is 0 Å². The minimum atomic E-state index is -0.749. The first-order valence-electron chi connectivity index (χ1n) is 5.02. The molecule has 15 heavy (non-hydrogen) atoms. The molecule has 6 heteroatoms. The van der Waals surface area contributed by atoms with Gasteiger partial charge in [0.25, 0.3) is 0 Å². The number of aromatic amines is 1. The molecule has 0 radical (unpaired) electrons. The molecule has 0 aliphatic heterocycles. The van der Waals surface area contributed by atoms with Gasteiger partial charge in [0.1, 0.15) is 6.33 Å². The summed E-state index contributed by atoms with van der Waals surface area (Å²) in [5, 5.41) is 14.3. The molecular formula is C9H15N3O3. The quantitative estimate of drug-likeness (QED) is 0.649. The lowest BCUT2D eigenvalue weighted by molar-refractivity contribution is -0.137. The molecular weight excluding hydrogens is 198 g/mol. The maximum atomic E-state index is 11.0. The normalized spacial score (nSPS) is 10.4. The van der Waals surface area contributed by atoms with Crippen LogP contribution in [0.1, 0.15) is 32.1 Å². The number of aryl methyl sites for hydroxylation is 1. The van der Waals surface area contributed by atoms with Gasteiger partial charge in [-0.15, -0.1) is 0 Å². The Kier molecular flexibility index (Phi) is 4.59. The average Bonchev–Trinajstić information content (AvgIpc) is 2.57. The first-order valence-corrected chi connectivity index (χ1v) is 5.02. The van der Waals surface area contributed by atoms with E-state index in [9.17, 15) is 9.59 Å². The molecule has 1 heterocycles.